The van der Waals surface area contributed by atoms with E-state index >= 15 is 0 Å². The van der Waals surface area contributed by atoms with Crippen LogP contribution in [0.2, 0.25) is 0 Å². The Hall–Kier alpha value is -1.02. The number of allylic oxidation sites excluding steroid dienone is 3. The number of carbonyl (C=O) groups is 1. The number of likely N-dealkylation sites (N-methyl/N-ethyl adjacent to an activating group) is 1. The Balaban J connectivity index is 4.64. The summed E-state index contributed by atoms with van der Waals surface area (Å²) in [5, 5.41) is 13.3. The average molecular weight is 519 g/mol. The standard InChI is InChI=1S/C26H51N2O6P/c1-6-8-10-11-12-13-14-15-16-17-18-19-25(29)24(27-26(30)20-9-7-2)23-34-35(31,32)33-22-21-28(3,4)5/h14-15,18-19,24-25,29H,6-13,16-17,20-23H2,1-5H3,(H-,27,30,31,32)/b15-14+,19-18+. The van der Waals surface area contributed by atoms with Crippen molar-refractivity contribution in [3.8, 4) is 0 Å². The third-order valence-corrected chi connectivity index (χ3v) is 6.38. The van der Waals surface area contributed by atoms with Crippen molar-refractivity contribution in [1.29, 1.82) is 0 Å². The lowest BCUT2D eigenvalue weighted by Crippen LogP contribution is -2.45. The Labute approximate surface area is 214 Å². The average Bonchev–Trinajstić information content (AvgIpc) is 2.77. The first kappa shape index (κ1) is 34.0. The molecule has 0 saturated heterocycles. The molecule has 206 valence electrons. The number of hydrogen-bond donors (Lipinski definition) is 2. The van der Waals surface area contributed by atoms with E-state index in [1.807, 2.05) is 34.1 Å². The molecule has 3 unspecified atom stereocenters. The van der Waals surface area contributed by atoms with Gasteiger partial charge in [-0.05, 0) is 32.1 Å². The monoisotopic (exact) mass is 518 g/mol. The predicted octanol–water partition coefficient (Wildman–Crippen LogP) is 4.48. The first-order valence-electron chi connectivity index (χ1n) is 13.2. The molecule has 0 aromatic carbocycles. The maximum atomic E-state index is 12.2. The highest BCUT2D eigenvalue weighted by molar-refractivity contribution is 7.45. The number of phosphoric ester groups is 1. The number of carbonyl (C=O) groups excluding carboxylic acids is 1. The number of phosphoric acid groups is 1. The van der Waals surface area contributed by atoms with Crippen LogP contribution in [-0.2, 0) is 18.4 Å². The zero-order chi connectivity index (χ0) is 26.6. The largest absolute Gasteiger partial charge is 0.756 e. The number of unbranched alkanes of at least 4 members (excludes halogenated alkanes) is 7. The van der Waals surface area contributed by atoms with Gasteiger partial charge in [0.15, 0.2) is 0 Å². The van der Waals surface area contributed by atoms with Crippen molar-refractivity contribution >= 4 is 13.7 Å². The molecule has 0 aliphatic carbocycles. The van der Waals surface area contributed by atoms with Gasteiger partial charge in [-0.1, -0.05) is 70.3 Å². The van der Waals surface area contributed by atoms with Crippen molar-refractivity contribution in [2.45, 2.75) is 96.6 Å². The van der Waals surface area contributed by atoms with Crippen LogP contribution in [0, 0.1) is 0 Å². The number of amides is 1. The first-order valence-corrected chi connectivity index (χ1v) is 14.7. The Bertz CT molecular complexity index is 648. The molecule has 0 spiro atoms. The SMILES string of the molecule is CCCCCCC/C=C/CC/C=C/C(O)C(COP(=O)([O-])OCC[N+](C)(C)C)NC(=O)CCCC. The molecule has 8 nitrogen and oxygen atoms in total. The van der Waals surface area contributed by atoms with Crippen LogP contribution in [0.5, 0.6) is 0 Å². The molecule has 35 heavy (non-hydrogen) atoms. The third kappa shape index (κ3) is 21.9. The number of aliphatic hydroxyl groups excluding tert-OH is 1. The second-order valence-electron chi connectivity index (χ2n) is 10.0. The molecule has 0 bridgehead atoms. The minimum Gasteiger partial charge on any atom is -0.756 e. The van der Waals surface area contributed by atoms with Crippen molar-refractivity contribution in [1.82, 2.24) is 5.32 Å². The second-order valence-corrected chi connectivity index (χ2v) is 11.4. The molecule has 9 heteroatoms. The van der Waals surface area contributed by atoms with Crippen LogP contribution in [0.1, 0.15) is 84.5 Å². The normalized spacial score (nSPS) is 16.0. The summed E-state index contributed by atoms with van der Waals surface area (Å²) >= 11 is 0. The fourth-order valence-corrected chi connectivity index (χ4v) is 3.86. The lowest BCUT2D eigenvalue weighted by Gasteiger charge is -2.29. The van der Waals surface area contributed by atoms with E-state index in [4.69, 9.17) is 9.05 Å². The van der Waals surface area contributed by atoms with Crippen LogP contribution < -0.4 is 10.2 Å². The molecule has 0 radical (unpaired) electrons. The van der Waals surface area contributed by atoms with Crippen LogP contribution in [0.4, 0.5) is 0 Å². The molecular formula is C26H51N2O6P. The number of aliphatic hydroxyl groups is 1. The van der Waals surface area contributed by atoms with Crippen LogP contribution >= 0.6 is 7.82 Å². The molecule has 0 fully saturated rings. The maximum absolute atomic E-state index is 12.2. The van der Waals surface area contributed by atoms with Gasteiger partial charge >= 0.3 is 0 Å². The summed E-state index contributed by atoms with van der Waals surface area (Å²) in [5.41, 5.74) is 0. The number of rotatable bonds is 22. The van der Waals surface area contributed by atoms with Crippen molar-refractivity contribution in [2.24, 2.45) is 0 Å². The number of nitrogens with one attached hydrogen (secondary N) is 1. The van der Waals surface area contributed by atoms with E-state index in [1.165, 1.54) is 32.1 Å². The van der Waals surface area contributed by atoms with Crippen LogP contribution in [-0.4, -0.2) is 68.5 Å². The van der Waals surface area contributed by atoms with E-state index in [0.29, 0.717) is 23.9 Å². The van der Waals surface area contributed by atoms with Crippen molar-refractivity contribution < 1.29 is 32.9 Å². The molecule has 1 amide bonds. The highest BCUT2D eigenvalue weighted by Crippen LogP contribution is 2.38. The van der Waals surface area contributed by atoms with Gasteiger partial charge in [0, 0.05) is 6.42 Å². The van der Waals surface area contributed by atoms with E-state index in [9.17, 15) is 19.4 Å². The second kappa shape index (κ2) is 20.1. The van der Waals surface area contributed by atoms with Gasteiger partial charge in [0.2, 0.25) is 5.91 Å². The van der Waals surface area contributed by atoms with Gasteiger partial charge in [0.25, 0.3) is 7.82 Å². The minimum absolute atomic E-state index is 0.00742. The lowest BCUT2D eigenvalue weighted by molar-refractivity contribution is -0.870. The lowest BCUT2D eigenvalue weighted by atomic mass is 10.1. The molecule has 0 aromatic rings. The minimum atomic E-state index is -4.55. The van der Waals surface area contributed by atoms with Crippen LogP contribution in [0.15, 0.2) is 24.3 Å². The molecule has 0 aliphatic rings. The number of hydrogen-bond acceptors (Lipinski definition) is 6. The van der Waals surface area contributed by atoms with Crippen molar-refractivity contribution in [3.63, 3.8) is 0 Å². The predicted molar refractivity (Wildman–Crippen MR) is 141 cm³/mol. The fraction of sp³-hybridized carbons (Fsp3) is 0.808. The first-order chi connectivity index (χ1) is 16.5. The Morgan fingerprint density at radius 1 is 0.971 bits per heavy atom. The molecule has 0 aliphatic heterocycles. The van der Waals surface area contributed by atoms with Gasteiger partial charge in [-0.3, -0.25) is 9.36 Å². The molecular weight excluding hydrogens is 467 g/mol. The van der Waals surface area contributed by atoms with Gasteiger partial charge in [0.05, 0.1) is 39.9 Å². The maximum Gasteiger partial charge on any atom is 0.268 e. The topological polar surface area (TPSA) is 108 Å². The van der Waals surface area contributed by atoms with E-state index in [2.05, 4.69) is 24.4 Å². The zero-order valence-corrected chi connectivity index (χ0v) is 23.6. The molecule has 0 saturated carbocycles. The van der Waals surface area contributed by atoms with Gasteiger partial charge in [0.1, 0.15) is 13.2 Å². The van der Waals surface area contributed by atoms with Gasteiger partial charge < -0.3 is 28.8 Å². The van der Waals surface area contributed by atoms with E-state index in [-0.39, 0.29) is 12.5 Å². The number of quaternary nitrogens is 1. The van der Waals surface area contributed by atoms with Crippen molar-refractivity contribution in [2.75, 3.05) is 40.9 Å². The van der Waals surface area contributed by atoms with Gasteiger partial charge in [-0.15, -0.1) is 0 Å². The summed E-state index contributed by atoms with van der Waals surface area (Å²) < 4.78 is 22.6. The fourth-order valence-electron chi connectivity index (χ4n) is 3.14. The summed E-state index contributed by atoms with van der Waals surface area (Å²) in [6.07, 6.45) is 17.6. The Morgan fingerprint density at radius 2 is 1.60 bits per heavy atom. The van der Waals surface area contributed by atoms with E-state index in [1.54, 1.807) is 6.08 Å². The summed E-state index contributed by atoms with van der Waals surface area (Å²) in [7, 11) is 1.23. The molecule has 0 aromatic heterocycles. The van der Waals surface area contributed by atoms with Crippen LogP contribution in [0.3, 0.4) is 0 Å². The summed E-state index contributed by atoms with van der Waals surface area (Å²) in [4.78, 5) is 24.3. The Morgan fingerprint density at radius 3 is 2.26 bits per heavy atom. The van der Waals surface area contributed by atoms with Gasteiger partial charge in [-0.25, -0.2) is 0 Å². The zero-order valence-electron chi connectivity index (χ0n) is 22.7. The highest BCUT2D eigenvalue weighted by atomic mass is 31.2. The summed E-state index contributed by atoms with van der Waals surface area (Å²) in [5.74, 6) is -0.249. The molecule has 0 rings (SSSR count). The number of nitrogens with zero attached hydrogens (tertiary/aromatic N) is 1. The van der Waals surface area contributed by atoms with Gasteiger partial charge in [-0.2, -0.15) is 0 Å². The quantitative estimate of drug-likeness (QED) is 0.0947. The summed E-state index contributed by atoms with van der Waals surface area (Å²) in [6, 6.07) is -0.890. The molecule has 0 heterocycles. The highest BCUT2D eigenvalue weighted by Gasteiger charge is 2.23. The van der Waals surface area contributed by atoms with E-state index < -0.39 is 26.6 Å². The van der Waals surface area contributed by atoms with Crippen LogP contribution in [0.25, 0.3) is 0 Å². The molecule has 2 N–H and O–H groups in total. The summed E-state index contributed by atoms with van der Waals surface area (Å²) in [6.45, 7) is 4.28. The van der Waals surface area contributed by atoms with E-state index in [0.717, 1.165) is 25.7 Å². The van der Waals surface area contributed by atoms with Crippen molar-refractivity contribution in [3.05, 3.63) is 24.3 Å². The molecule has 3 atom stereocenters. The Kier molecular flexibility index (Phi) is 19.5. The third-order valence-electron chi connectivity index (χ3n) is 5.41. The smallest absolute Gasteiger partial charge is 0.268 e.